The molecule has 0 aromatic heterocycles. The first kappa shape index (κ1) is 21.0. The van der Waals surface area contributed by atoms with E-state index in [4.69, 9.17) is 11.6 Å². The molecular weight excluding hydrogens is 406 g/mol. The zero-order chi connectivity index (χ0) is 21.0. The van der Waals surface area contributed by atoms with Crippen molar-refractivity contribution >= 4 is 40.9 Å². The average molecular weight is 426 g/mol. The number of aryl methyl sites for hydroxylation is 2. The van der Waals surface area contributed by atoms with Crippen molar-refractivity contribution in [3.05, 3.63) is 74.8 Å². The van der Waals surface area contributed by atoms with E-state index in [0.29, 0.717) is 15.6 Å². The van der Waals surface area contributed by atoms with Gasteiger partial charge < -0.3 is 10.6 Å². The van der Waals surface area contributed by atoms with Crippen LogP contribution in [0.25, 0.3) is 0 Å². The molecule has 0 fully saturated rings. The number of anilines is 1. The molecule has 148 valence electrons. The van der Waals surface area contributed by atoms with E-state index in [0.717, 1.165) is 34.1 Å². The summed E-state index contributed by atoms with van der Waals surface area (Å²) in [6, 6.07) is 15.0. The minimum atomic E-state index is -0.351. The van der Waals surface area contributed by atoms with Gasteiger partial charge in [-0.15, -0.1) is 0 Å². The number of rotatable bonds is 5. The number of allylic oxidation sites excluding steroid dienone is 1. The molecule has 7 heteroatoms. The topological polar surface area (TPSA) is 82.0 Å². The van der Waals surface area contributed by atoms with E-state index in [1.807, 2.05) is 44.2 Å². The number of nitrogens with one attached hydrogen (secondary N) is 2. The number of hydrogen-bond acceptors (Lipinski definition) is 4. The lowest BCUT2D eigenvalue weighted by atomic mass is 9.87. The van der Waals surface area contributed by atoms with Gasteiger partial charge in [0.15, 0.2) is 0 Å². The molecule has 0 aliphatic carbocycles. The largest absolute Gasteiger partial charge is 0.325 e. The predicted molar refractivity (Wildman–Crippen MR) is 117 cm³/mol. The lowest BCUT2D eigenvalue weighted by Crippen LogP contribution is -2.31. The van der Waals surface area contributed by atoms with E-state index in [-0.39, 0.29) is 29.9 Å². The van der Waals surface area contributed by atoms with Crippen molar-refractivity contribution in [2.24, 2.45) is 0 Å². The first-order valence-electron chi connectivity index (χ1n) is 9.07. The van der Waals surface area contributed by atoms with Crippen LogP contribution in [0.2, 0.25) is 5.02 Å². The number of carbonyl (C=O) groups excluding carboxylic acids is 2. The van der Waals surface area contributed by atoms with Gasteiger partial charge in [-0.2, -0.15) is 5.26 Å². The SMILES string of the molecule is Cc1ccc(NC(=O)CSC2=C(C#N)[C@@H](c3ccc(Cl)cc3)CC(=O)N2)cc1C. The Morgan fingerprint density at radius 3 is 2.62 bits per heavy atom. The Balaban J connectivity index is 1.74. The van der Waals surface area contributed by atoms with Crippen LogP contribution in [0.4, 0.5) is 5.69 Å². The average Bonchev–Trinajstić information content (AvgIpc) is 2.69. The van der Waals surface area contributed by atoms with Crippen LogP contribution < -0.4 is 10.6 Å². The molecule has 2 aromatic carbocycles. The molecule has 2 N–H and O–H groups in total. The first-order chi connectivity index (χ1) is 13.9. The van der Waals surface area contributed by atoms with Gasteiger partial charge in [0.05, 0.1) is 22.4 Å². The maximum Gasteiger partial charge on any atom is 0.234 e. The highest BCUT2D eigenvalue weighted by Gasteiger charge is 2.29. The van der Waals surface area contributed by atoms with Crippen LogP contribution in [-0.4, -0.2) is 17.6 Å². The van der Waals surface area contributed by atoms with Crippen LogP contribution in [-0.2, 0) is 9.59 Å². The summed E-state index contributed by atoms with van der Waals surface area (Å²) in [7, 11) is 0. The molecule has 29 heavy (non-hydrogen) atoms. The van der Waals surface area contributed by atoms with Gasteiger partial charge in [0.25, 0.3) is 0 Å². The van der Waals surface area contributed by atoms with Crippen molar-refractivity contribution in [2.45, 2.75) is 26.2 Å². The Bertz CT molecular complexity index is 1030. The van der Waals surface area contributed by atoms with Crippen LogP contribution in [0, 0.1) is 25.2 Å². The lowest BCUT2D eigenvalue weighted by Gasteiger charge is -2.25. The van der Waals surface area contributed by atoms with Crippen LogP contribution >= 0.6 is 23.4 Å². The molecule has 0 saturated heterocycles. The number of benzene rings is 2. The van der Waals surface area contributed by atoms with Gasteiger partial charge >= 0.3 is 0 Å². The minimum absolute atomic E-state index is 0.0844. The highest BCUT2D eigenvalue weighted by Crippen LogP contribution is 2.36. The quantitative estimate of drug-likeness (QED) is 0.729. The Hall–Kier alpha value is -2.75. The van der Waals surface area contributed by atoms with E-state index in [1.165, 1.54) is 0 Å². The third-order valence-electron chi connectivity index (χ3n) is 4.77. The monoisotopic (exact) mass is 425 g/mol. The van der Waals surface area contributed by atoms with Crippen LogP contribution in [0.15, 0.2) is 53.1 Å². The molecule has 1 heterocycles. The van der Waals surface area contributed by atoms with Crippen molar-refractivity contribution < 1.29 is 9.59 Å². The number of nitriles is 1. The number of hydrogen-bond donors (Lipinski definition) is 2. The zero-order valence-corrected chi connectivity index (χ0v) is 17.7. The van der Waals surface area contributed by atoms with Crippen LogP contribution in [0.3, 0.4) is 0 Å². The minimum Gasteiger partial charge on any atom is -0.325 e. The van der Waals surface area contributed by atoms with Crippen LogP contribution in [0.5, 0.6) is 0 Å². The Labute approximate surface area is 179 Å². The third kappa shape index (κ3) is 5.20. The van der Waals surface area contributed by atoms with Crippen molar-refractivity contribution in [2.75, 3.05) is 11.1 Å². The van der Waals surface area contributed by atoms with Crippen molar-refractivity contribution in [1.82, 2.24) is 5.32 Å². The van der Waals surface area contributed by atoms with Gasteiger partial charge in [0.2, 0.25) is 11.8 Å². The fourth-order valence-electron chi connectivity index (χ4n) is 3.07. The van der Waals surface area contributed by atoms with Gasteiger partial charge in [0.1, 0.15) is 0 Å². The van der Waals surface area contributed by atoms with Gasteiger partial charge in [0, 0.05) is 23.0 Å². The number of thioether (sulfide) groups is 1. The molecule has 5 nitrogen and oxygen atoms in total. The molecule has 2 amide bonds. The van der Waals surface area contributed by atoms with Crippen molar-refractivity contribution in [1.29, 1.82) is 5.26 Å². The molecule has 1 aliphatic rings. The zero-order valence-electron chi connectivity index (χ0n) is 16.1. The molecule has 0 unspecified atom stereocenters. The van der Waals surface area contributed by atoms with Crippen molar-refractivity contribution in [3.8, 4) is 6.07 Å². The van der Waals surface area contributed by atoms with Gasteiger partial charge in [-0.05, 0) is 54.8 Å². The molecule has 0 bridgehead atoms. The Morgan fingerprint density at radius 1 is 1.24 bits per heavy atom. The molecule has 0 saturated carbocycles. The molecule has 0 spiro atoms. The number of nitrogens with zero attached hydrogens (tertiary/aromatic N) is 1. The molecule has 0 radical (unpaired) electrons. The summed E-state index contributed by atoms with van der Waals surface area (Å²) in [5.74, 6) is -0.649. The normalized spacial score (nSPS) is 16.2. The second kappa shape index (κ2) is 9.17. The van der Waals surface area contributed by atoms with Gasteiger partial charge in [-0.25, -0.2) is 0 Å². The summed E-state index contributed by atoms with van der Waals surface area (Å²) in [5, 5.41) is 16.3. The highest BCUT2D eigenvalue weighted by molar-refractivity contribution is 8.03. The maximum atomic E-state index is 12.4. The van der Waals surface area contributed by atoms with Gasteiger partial charge in [-0.1, -0.05) is 41.6 Å². The fourth-order valence-corrected chi connectivity index (χ4v) is 4.07. The van der Waals surface area contributed by atoms with Crippen LogP contribution in [0.1, 0.15) is 29.0 Å². The molecule has 1 aliphatic heterocycles. The number of halogens is 1. The van der Waals surface area contributed by atoms with E-state index < -0.39 is 0 Å². The second-order valence-corrected chi connectivity index (χ2v) is 8.27. The van der Waals surface area contributed by atoms with E-state index >= 15 is 0 Å². The highest BCUT2D eigenvalue weighted by atomic mass is 35.5. The summed E-state index contributed by atoms with van der Waals surface area (Å²) >= 11 is 7.10. The maximum absolute atomic E-state index is 12.4. The summed E-state index contributed by atoms with van der Waals surface area (Å²) in [6.07, 6.45) is 0.184. The Kier molecular flexibility index (Phi) is 6.63. The molecule has 3 rings (SSSR count). The standard InChI is InChI=1S/C22H20ClN3O2S/c1-13-3-8-17(9-14(13)2)25-21(28)12-29-22-19(11-24)18(10-20(27)26-22)15-4-6-16(23)7-5-15/h3-9,18H,10,12H2,1-2H3,(H,25,28)(H,26,27)/t18-/m1/s1. The summed E-state index contributed by atoms with van der Waals surface area (Å²) in [6.45, 7) is 3.99. The second-order valence-electron chi connectivity index (χ2n) is 6.85. The smallest absolute Gasteiger partial charge is 0.234 e. The third-order valence-corrected chi connectivity index (χ3v) is 6.04. The lowest BCUT2D eigenvalue weighted by molar-refractivity contribution is -0.121. The molecule has 1 atom stereocenters. The van der Waals surface area contributed by atoms with E-state index in [2.05, 4.69) is 16.7 Å². The van der Waals surface area contributed by atoms with E-state index in [1.54, 1.807) is 12.1 Å². The molecular formula is C22H20ClN3O2S. The number of amides is 2. The summed E-state index contributed by atoms with van der Waals surface area (Å²) < 4.78 is 0. The first-order valence-corrected chi connectivity index (χ1v) is 10.4. The summed E-state index contributed by atoms with van der Waals surface area (Å²) in [4.78, 5) is 24.5. The van der Waals surface area contributed by atoms with Crippen molar-refractivity contribution in [3.63, 3.8) is 0 Å². The number of carbonyl (C=O) groups is 2. The molecule has 2 aromatic rings. The Morgan fingerprint density at radius 2 is 1.97 bits per heavy atom. The van der Waals surface area contributed by atoms with E-state index in [9.17, 15) is 14.9 Å². The fraction of sp³-hybridized carbons (Fsp3) is 0.227. The predicted octanol–water partition coefficient (Wildman–Crippen LogP) is 4.67. The summed E-state index contributed by atoms with van der Waals surface area (Å²) in [5.41, 5.74) is 4.27. The van der Waals surface area contributed by atoms with Gasteiger partial charge in [-0.3, -0.25) is 9.59 Å².